The summed E-state index contributed by atoms with van der Waals surface area (Å²) in [6.45, 7) is 0. The topological polar surface area (TPSA) is 50.9 Å². The van der Waals surface area contributed by atoms with E-state index >= 15 is 0 Å². The number of rotatable bonds is 2. The van der Waals surface area contributed by atoms with Crippen LogP contribution in [0.3, 0.4) is 0 Å². The van der Waals surface area contributed by atoms with E-state index in [4.69, 9.17) is 5.73 Å². The van der Waals surface area contributed by atoms with Crippen LogP contribution in [0.25, 0.3) is 0 Å². The van der Waals surface area contributed by atoms with Gasteiger partial charge >= 0.3 is 0 Å². The molecular formula is C11H8F3N3. The van der Waals surface area contributed by atoms with Crippen LogP contribution < -0.4 is 11.1 Å². The van der Waals surface area contributed by atoms with Crippen molar-refractivity contribution in [3.63, 3.8) is 0 Å². The molecule has 6 heteroatoms. The molecule has 3 nitrogen and oxygen atoms in total. The van der Waals surface area contributed by atoms with Crippen molar-refractivity contribution in [2.45, 2.75) is 0 Å². The van der Waals surface area contributed by atoms with E-state index < -0.39 is 17.5 Å². The second-order valence-electron chi connectivity index (χ2n) is 3.31. The van der Waals surface area contributed by atoms with E-state index in [1.165, 1.54) is 18.5 Å². The number of nitrogens with one attached hydrogen (secondary N) is 1. The van der Waals surface area contributed by atoms with Gasteiger partial charge in [-0.1, -0.05) is 0 Å². The highest BCUT2D eigenvalue weighted by Crippen LogP contribution is 2.25. The number of anilines is 3. The molecule has 0 aliphatic rings. The monoisotopic (exact) mass is 239 g/mol. The molecule has 2 aromatic rings. The second kappa shape index (κ2) is 4.32. The van der Waals surface area contributed by atoms with E-state index in [1.807, 2.05) is 0 Å². The number of nitrogen functional groups attached to an aromatic ring is 1. The van der Waals surface area contributed by atoms with Gasteiger partial charge < -0.3 is 11.1 Å². The van der Waals surface area contributed by atoms with Gasteiger partial charge in [-0.3, -0.25) is 4.98 Å². The minimum Gasteiger partial charge on any atom is -0.396 e. The molecule has 1 heterocycles. The van der Waals surface area contributed by atoms with Crippen LogP contribution in [0.4, 0.5) is 30.2 Å². The van der Waals surface area contributed by atoms with Gasteiger partial charge in [0.25, 0.3) is 0 Å². The fourth-order valence-corrected chi connectivity index (χ4v) is 1.29. The number of hydrogen-bond acceptors (Lipinski definition) is 3. The SMILES string of the molecule is Nc1cnccc1Nc1ccc(F)c(F)c1F. The zero-order chi connectivity index (χ0) is 12.4. The zero-order valence-corrected chi connectivity index (χ0v) is 8.55. The molecule has 0 aliphatic carbocycles. The van der Waals surface area contributed by atoms with Crippen LogP contribution in [-0.2, 0) is 0 Å². The minimum atomic E-state index is -1.53. The normalized spacial score (nSPS) is 10.3. The van der Waals surface area contributed by atoms with Gasteiger partial charge in [0, 0.05) is 6.20 Å². The van der Waals surface area contributed by atoms with Crippen LogP contribution >= 0.6 is 0 Å². The maximum absolute atomic E-state index is 13.3. The molecular weight excluding hydrogens is 231 g/mol. The lowest BCUT2D eigenvalue weighted by atomic mass is 10.2. The number of nitrogens with two attached hydrogens (primary N) is 1. The molecule has 3 N–H and O–H groups in total. The molecule has 0 aliphatic heterocycles. The molecule has 88 valence electrons. The van der Waals surface area contributed by atoms with E-state index in [-0.39, 0.29) is 11.4 Å². The summed E-state index contributed by atoms with van der Waals surface area (Å²) in [7, 11) is 0. The Bertz CT molecular complexity index is 558. The van der Waals surface area contributed by atoms with Gasteiger partial charge in [-0.05, 0) is 18.2 Å². The maximum atomic E-state index is 13.3. The van der Waals surface area contributed by atoms with Crippen molar-refractivity contribution in [2.75, 3.05) is 11.1 Å². The Labute approximate surface area is 95.1 Å². The molecule has 0 unspecified atom stereocenters. The highest BCUT2D eigenvalue weighted by atomic mass is 19.2. The second-order valence-corrected chi connectivity index (χ2v) is 3.31. The van der Waals surface area contributed by atoms with Crippen molar-refractivity contribution in [1.29, 1.82) is 0 Å². The first-order valence-corrected chi connectivity index (χ1v) is 4.69. The van der Waals surface area contributed by atoms with E-state index in [2.05, 4.69) is 10.3 Å². The number of benzene rings is 1. The number of nitrogens with zero attached hydrogens (tertiary/aromatic N) is 1. The Hall–Kier alpha value is -2.24. The molecule has 0 bridgehead atoms. The first-order chi connectivity index (χ1) is 8.09. The van der Waals surface area contributed by atoms with Crippen molar-refractivity contribution < 1.29 is 13.2 Å². The fourth-order valence-electron chi connectivity index (χ4n) is 1.29. The Balaban J connectivity index is 2.38. The van der Waals surface area contributed by atoms with Gasteiger partial charge in [-0.25, -0.2) is 13.2 Å². The van der Waals surface area contributed by atoms with Crippen LogP contribution in [-0.4, -0.2) is 4.98 Å². The molecule has 1 aromatic carbocycles. The molecule has 2 rings (SSSR count). The minimum absolute atomic E-state index is 0.193. The fraction of sp³-hybridized carbons (Fsp3) is 0. The van der Waals surface area contributed by atoms with Gasteiger partial charge in [-0.15, -0.1) is 0 Å². The molecule has 17 heavy (non-hydrogen) atoms. The number of hydrogen-bond donors (Lipinski definition) is 2. The van der Waals surface area contributed by atoms with Crippen LogP contribution in [0, 0.1) is 17.5 Å². The third-order valence-electron chi connectivity index (χ3n) is 2.16. The predicted octanol–water partition coefficient (Wildman–Crippen LogP) is 2.82. The lowest BCUT2D eigenvalue weighted by Crippen LogP contribution is -2.01. The molecule has 0 fully saturated rings. The molecule has 0 spiro atoms. The third-order valence-corrected chi connectivity index (χ3v) is 2.16. The predicted molar refractivity (Wildman–Crippen MR) is 58.2 cm³/mol. The average Bonchev–Trinajstić information content (AvgIpc) is 2.32. The van der Waals surface area contributed by atoms with Crippen LogP contribution in [0.2, 0.25) is 0 Å². The Morgan fingerprint density at radius 2 is 1.76 bits per heavy atom. The Kier molecular flexibility index (Phi) is 2.86. The van der Waals surface area contributed by atoms with Gasteiger partial charge in [0.05, 0.1) is 23.3 Å². The molecule has 0 radical (unpaired) electrons. The van der Waals surface area contributed by atoms with Gasteiger partial charge in [0.2, 0.25) is 0 Å². The van der Waals surface area contributed by atoms with Crippen LogP contribution in [0.5, 0.6) is 0 Å². The number of halogens is 3. The average molecular weight is 239 g/mol. The van der Waals surface area contributed by atoms with Crippen molar-refractivity contribution in [1.82, 2.24) is 4.98 Å². The maximum Gasteiger partial charge on any atom is 0.196 e. The summed E-state index contributed by atoms with van der Waals surface area (Å²) >= 11 is 0. The summed E-state index contributed by atoms with van der Waals surface area (Å²) in [5.41, 5.74) is 6.02. The first-order valence-electron chi connectivity index (χ1n) is 4.69. The Morgan fingerprint density at radius 1 is 1.00 bits per heavy atom. The van der Waals surface area contributed by atoms with Crippen LogP contribution in [0.15, 0.2) is 30.6 Å². The van der Waals surface area contributed by atoms with E-state index in [0.29, 0.717) is 5.69 Å². The number of pyridine rings is 1. The molecule has 1 aromatic heterocycles. The summed E-state index contributed by atoms with van der Waals surface area (Å²) in [5, 5.41) is 2.56. The summed E-state index contributed by atoms with van der Waals surface area (Å²) in [4.78, 5) is 3.75. The number of aromatic nitrogens is 1. The van der Waals surface area contributed by atoms with E-state index in [0.717, 1.165) is 12.1 Å². The van der Waals surface area contributed by atoms with E-state index in [1.54, 1.807) is 0 Å². The standard InChI is InChI=1S/C11H8F3N3/c12-6-1-2-9(11(14)10(6)13)17-8-3-4-16-5-7(8)15/h1-5H,15H2,(H,16,17). The quantitative estimate of drug-likeness (QED) is 0.792. The third kappa shape index (κ3) is 2.15. The van der Waals surface area contributed by atoms with Crippen molar-refractivity contribution in [3.05, 3.63) is 48.0 Å². The highest BCUT2D eigenvalue weighted by molar-refractivity contribution is 5.71. The first kappa shape index (κ1) is 11.3. The van der Waals surface area contributed by atoms with Crippen molar-refractivity contribution in [3.8, 4) is 0 Å². The zero-order valence-electron chi connectivity index (χ0n) is 8.55. The summed E-state index contributed by atoms with van der Waals surface area (Å²) in [5.74, 6) is -4.06. The lowest BCUT2D eigenvalue weighted by molar-refractivity contribution is 0.449. The van der Waals surface area contributed by atoms with E-state index in [9.17, 15) is 13.2 Å². The Morgan fingerprint density at radius 3 is 2.47 bits per heavy atom. The van der Waals surface area contributed by atoms with Crippen molar-refractivity contribution in [2.24, 2.45) is 0 Å². The van der Waals surface area contributed by atoms with Gasteiger partial charge in [0.1, 0.15) is 0 Å². The smallest absolute Gasteiger partial charge is 0.196 e. The molecule has 0 amide bonds. The molecule has 0 saturated heterocycles. The summed E-state index contributed by atoms with van der Waals surface area (Å²) < 4.78 is 39.0. The summed E-state index contributed by atoms with van der Waals surface area (Å²) in [6, 6.07) is 3.42. The molecule has 0 atom stereocenters. The van der Waals surface area contributed by atoms with Gasteiger partial charge in [0.15, 0.2) is 17.5 Å². The summed E-state index contributed by atoms with van der Waals surface area (Å²) in [6.07, 6.45) is 2.80. The lowest BCUT2D eigenvalue weighted by Gasteiger charge is -2.09. The largest absolute Gasteiger partial charge is 0.396 e. The van der Waals surface area contributed by atoms with Crippen LogP contribution in [0.1, 0.15) is 0 Å². The van der Waals surface area contributed by atoms with Crippen molar-refractivity contribution >= 4 is 17.1 Å². The highest BCUT2D eigenvalue weighted by Gasteiger charge is 2.13. The molecule has 0 saturated carbocycles. The van der Waals surface area contributed by atoms with Gasteiger partial charge in [-0.2, -0.15) is 0 Å².